The number of carbonyl (C=O) groups is 2. The van der Waals surface area contributed by atoms with Crippen LogP contribution in [-0.2, 0) is 27.4 Å². The van der Waals surface area contributed by atoms with E-state index in [1.165, 1.54) is 24.1 Å². The number of hydrogen-bond donors (Lipinski definition) is 0. The van der Waals surface area contributed by atoms with Gasteiger partial charge in [0, 0.05) is 24.6 Å². The molecule has 7 heteroatoms. The van der Waals surface area contributed by atoms with Crippen molar-refractivity contribution >= 4 is 23.2 Å². The molecule has 1 aromatic heterocycles. The number of halogens is 1. The van der Waals surface area contributed by atoms with Crippen LogP contribution in [0.15, 0.2) is 41.8 Å². The van der Waals surface area contributed by atoms with Crippen molar-refractivity contribution in [2.24, 2.45) is 0 Å². The van der Waals surface area contributed by atoms with E-state index in [4.69, 9.17) is 4.74 Å². The summed E-state index contributed by atoms with van der Waals surface area (Å²) in [5.41, 5.74) is 0.834. The van der Waals surface area contributed by atoms with E-state index in [9.17, 15) is 14.0 Å². The normalized spacial score (nSPS) is 10.9. The van der Waals surface area contributed by atoms with E-state index in [1.54, 1.807) is 28.4 Å². The Hall–Kier alpha value is -2.25. The Kier molecular flexibility index (Phi) is 7.94. The van der Waals surface area contributed by atoms with Gasteiger partial charge in [0.05, 0.1) is 6.54 Å². The van der Waals surface area contributed by atoms with Crippen LogP contribution in [0.25, 0.3) is 0 Å². The first-order chi connectivity index (χ1) is 12.9. The molecule has 0 fully saturated rings. The molecule has 0 saturated carbocycles. The molecular weight excluding hydrogens is 367 g/mol. The number of ether oxygens (including phenoxy) is 1. The van der Waals surface area contributed by atoms with Crippen LogP contribution in [0.4, 0.5) is 4.39 Å². The quantitative estimate of drug-likeness (QED) is 0.658. The zero-order valence-electron chi connectivity index (χ0n) is 15.9. The second-order valence-corrected chi connectivity index (χ2v) is 7.54. The topological polar surface area (TPSA) is 49.9 Å². The lowest BCUT2D eigenvalue weighted by Crippen LogP contribution is -2.46. The number of carbonyl (C=O) groups excluding carboxylic acids is 2. The molecule has 0 saturated heterocycles. The zero-order valence-corrected chi connectivity index (χ0v) is 16.7. The van der Waals surface area contributed by atoms with E-state index >= 15 is 0 Å². The van der Waals surface area contributed by atoms with Crippen LogP contribution in [0.3, 0.4) is 0 Å². The highest BCUT2D eigenvalue weighted by molar-refractivity contribution is 7.09. The zero-order chi connectivity index (χ0) is 19.8. The molecule has 0 unspecified atom stereocenters. The average molecular weight is 392 g/mol. The van der Waals surface area contributed by atoms with Crippen molar-refractivity contribution in [2.45, 2.75) is 33.0 Å². The van der Waals surface area contributed by atoms with Gasteiger partial charge >= 0.3 is 0 Å². The molecule has 0 bridgehead atoms. The van der Waals surface area contributed by atoms with Gasteiger partial charge in [0.15, 0.2) is 0 Å². The Morgan fingerprint density at radius 3 is 2.37 bits per heavy atom. The predicted molar refractivity (Wildman–Crippen MR) is 104 cm³/mol. The summed E-state index contributed by atoms with van der Waals surface area (Å²) in [7, 11) is 1.45. The maximum absolute atomic E-state index is 13.2. The number of thiophene rings is 1. The predicted octanol–water partition coefficient (Wildman–Crippen LogP) is 3.30. The molecular formula is C20H25FN2O3S. The molecule has 2 rings (SSSR count). The van der Waals surface area contributed by atoms with Crippen LogP contribution in [0.2, 0.25) is 0 Å². The maximum atomic E-state index is 13.2. The molecule has 1 aromatic carbocycles. The summed E-state index contributed by atoms with van der Waals surface area (Å²) in [5, 5.41) is 1.96. The van der Waals surface area contributed by atoms with Crippen molar-refractivity contribution in [3.63, 3.8) is 0 Å². The molecule has 5 nitrogen and oxygen atoms in total. The van der Waals surface area contributed by atoms with Gasteiger partial charge in [-0.25, -0.2) is 4.39 Å². The molecule has 1 heterocycles. The summed E-state index contributed by atoms with van der Waals surface area (Å²) in [4.78, 5) is 29.5. The lowest BCUT2D eigenvalue weighted by molar-refractivity contribution is -0.144. The fraction of sp³-hybridized carbons (Fsp3) is 0.400. The first-order valence-electron chi connectivity index (χ1n) is 8.73. The van der Waals surface area contributed by atoms with E-state index < -0.39 is 0 Å². The number of rotatable bonds is 9. The van der Waals surface area contributed by atoms with Crippen molar-refractivity contribution in [1.82, 2.24) is 9.80 Å². The molecule has 27 heavy (non-hydrogen) atoms. The molecule has 0 radical (unpaired) electrons. The largest absolute Gasteiger partial charge is 0.375 e. The summed E-state index contributed by atoms with van der Waals surface area (Å²) in [5.74, 6) is -0.699. The van der Waals surface area contributed by atoms with Crippen molar-refractivity contribution in [3.8, 4) is 0 Å². The van der Waals surface area contributed by atoms with Crippen LogP contribution in [0.1, 0.15) is 24.3 Å². The molecule has 0 aliphatic carbocycles. The highest BCUT2D eigenvalue weighted by Crippen LogP contribution is 2.16. The van der Waals surface area contributed by atoms with Gasteiger partial charge in [-0.2, -0.15) is 0 Å². The van der Waals surface area contributed by atoms with E-state index in [2.05, 4.69) is 0 Å². The van der Waals surface area contributed by atoms with Crippen molar-refractivity contribution in [2.75, 3.05) is 20.3 Å². The minimum Gasteiger partial charge on any atom is -0.375 e. The van der Waals surface area contributed by atoms with Gasteiger partial charge in [-0.05, 0) is 43.0 Å². The fourth-order valence-electron chi connectivity index (χ4n) is 2.64. The van der Waals surface area contributed by atoms with E-state index in [-0.39, 0.29) is 36.8 Å². The van der Waals surface area contributed by atoms with Crippen LogP contribution < -0.4 is 0 Å². The smallest absolute Gasteiger partial charge is 0.249 e. The Bertz CT molecular complexity index is 732. The summed E-state index contributed by atoms with van der Waals surface area (Å²) < 4.78 is 18.1. The SMILES string of the molecule is COCC(=O)N(CC(=O)N(Cc1ccc(F)cc1)Cc1cccs1)C(C)C. The van der Waals surface area contributed by atoms with Crippen molar-refractivity contribution < 1.29 is 18.7 Å². The maximum Gasteiger partial charge on any atom is 0.249 e. The number of methoxy groups -OCH3 is 1. The molecule has 146 valence electrons. The third-order valence-electron chi connectivity index (χ3n) is 4.08. The van der Waals surface area contributed by atoms with Crippen molar-refractivity contribution in [1.29, 1.82) is 0 Å². The van der Waals surface area contributed by atoms with Gasteiger partial charge in [-0.15, -0.1) is 11.3 Å². The number of nitrogens with zero attached hydrogens (tertiary/aromatic N) is 2. The van der Waals surface area contributed by atoms with E-state index in [1.807, 2.05) is 31.4 Å². The first-order valence-corrected chi connectivity index (χ1v) is 9.61. The van der Waals surface area contributed by atoms with Gasteiger partial charge in [-0.3, -0.25) is 9.59 Å². The van der Waals surface area contributed by atoms with Gasteiger partial charge in [0.25, 0.3) is 0 Å². The third-order valence-corrected chi connectivity index (χ3v) is 4.94. The second kappa shape index (κ2) is 10.2. The summed E-state index contributed by atoms with van der Waals surface area (Å²) >= 11 is 1.57. The monoisotopic (exact) mass is 392 g/mol. The van der Waals surface area contributed by atoms with Crippen LogP contribution in [0, 0.1) is 5.82 Å². The summed E-state index contributed by atoms with van der Waals surface area (Å²) in [6.45, 7) is 4.44. The van der Waals surface area contributed by atoms with Crippen LogP contribution >= 0.6 is 11.3 Å². The Morgan fingerprint density at radius 2 is 1.81 bits per heavy atom. The van der Waals surface area contributed by atoms with Gasteiger partial charge in [0.2, 0.25) is 11.8 Å². The Balaban J connectivity index is 2.16. The number of amides is 2. The van der Waals surface area contributed by atoms with Gasteiger partial charge < -0.3 is 14.5 Å². The van der Waals surface area contributed by atoms with Crippen molar-refractivity contribution in [3.05, 3.63) is 58.0 Å². The first kappa shape index (κ1) is 21.1. The Labute approximate surface area is 163 Å². The minimum absolute atomic E-state index is 0.0214. The second-order valence-electron chi connectivity index (χ2n) is 6.50. The summed E-state index contributed by atoms with van der Waals surface area (Å²) in [6, 6.07) is 9.87. The molecule has 0 atom stereocenters. The number of benzene rings is 1. The van der Waals surface area contributed by atoms with E-state index in [0.717, 1.165) is 10.4 Å². The minimum atomic E-state index is -0.314. The molecule has 2 amide bonds. The van der Waals surface area contributed by atoms with Crippen LogP contribution in [-0.4, -0.2) is 47.9 Å². The van der Waals surface area contributed by atoms with E-state index in [0.29, 0.717) is 13.1 Å². The van der Waals surface area contributed by atoms with Gasteiger partial charge in [-0.1, -0.05) is 18.2 Å². The number of hydrogen-bond acceptors (Lipinski definition) is 4. The fourth-order valence-corrected chi connectivity index (χ4v) is 3.36. The lowest BCUT2D eigenvalue weighted by atomic mass is 10.2. The molecule has 0 aliphatic heterocycles. The molecule has 2 aromatic rings. The highest BCUT2D eigenvalue weighted by atomic mass is 32.1. The standard InChI is InChI=1S/C20H25FN2O3S/c1-15(2)23(20(25)14-26-3)13-19(24)22(12-18-5-4-10-27-18)11-16-6-8-17(21)9-7-16/h4-10,15H,11-14H2,1-3H3. The lowest BCUT2D eigenvalue weighted by Gasteiger charge is -2.30. The summed E-state index contributed by atoms with van der Waals surface area (Å²) in [6.07, 6.45) is 0. The van der Waals surface area contributed by atoms with Crippen LogP contribution in [0.5, 0.6) is 0 Å². The van der Waals surface area contributed by atoms with Gasteiger partial charge in [0.1, 0.15) is 19.0 Å². The molecule has 0 aliphatic rings. The highest BCUT2D eigenvalue weighted by Gasteiger charge is 2.24. The molecule has 0 N–H and O–H groups in total. The average Bonchev–Trinajstić information content (AvgIpc) is 3.13. The third kappa shape index (κ3) is 6.45. The molecule has 0 spiro atoms. The Morgan fingerprint density at radius 1 is 1.11 bits per heavy atom.